The van der Waals surface area contributed by atoms with Crippen LogP contribution in [0.4, 0.5) is 4.39 Å². The summed E-state index contributed by atoms with van der Waals surface area (Å²) in [6.45, 7) is 2.15. The van der Waals surface area contributed by atoms with Crippen molar-refractivity contribution in [3.63, 3.8) is 0 Å². The average Bonchev–Trinajstić information content (AvgIpc) is 2.52. The molecule has 1 aromatic heterocycles. The Morgan fingerprint density at radius 1 is 1.33 bits per heavy atom. The van der Waals surface area contributed by atoms with Crippen molar-refractivity contribution in [2.24, 2.45) is 7.05 Å². The van der Waals surface area contributed by atoms with Crippen LogP contribution in [0.5, 0.6) is 0 Å². The first-order valence-corrected chi connectivity index (χ1v) is 6.19. The molecule has 1 aromatic carbocycles. The summed E-state index contributed by atoms with van der Waals surface area (Å²) in [4.78, 5) is 0. The first kappa shape index (κ1) is 10.6. The van der Waals surface area contributed by atoms with E-state index in [4.69, 9.17) is 0 Å². The van der Waals surface area contributed by atoms with Gasteiger partial charge in [-0.3, -0.25) is 0 Å². The van der Waals surface area contributed by atoms with E-state index in [0.717, 1.165) is 22.4 Å². The molecule has 0 amide bonds. The van der Waals surface area contributed by atoms with Gasteiger partial charge in [-0.25, -0.2) is 4.39 Å². The molecule has 2 aromatic rings. The van der Waals surface area contributed by atoms with Crippen LogP contribution in [0, 0.1) is 5.82 Å². The maximum absolute atomic E-state index is 13.0. The molecule has 0 aliphatic heterocycles. The van der Waals surface area contributed by atoms with Crippen molar-refractivity contribution in [1.82, 2.24) is 4.57 Å². The highest BCUT2D eigenvalue weighted by molar-refractivity contribution is 7.98. The predicted octanol–water partition coefficient (Wildman–Crippen LogP) is 3.57. The molecule has 0 radical (unpaired) electrons. The smallest absolute Gasteiger partial charge is 0.123 e. The van der Waals surface area contributed by atoms with Crippen molar-refractivity contribution in [1.29, 1.82) is 0 Å². The van der Waals surface area contributed by atoms with E-state index in [-0.39, 0.29) is 5.82 Å². The van der Waals surface area contributed by atoms with Crippen molar-refractivity contribution < 1.29 is 4.39 Å². The summed E-state index contributed by atoms with van der Waals surface area (Å²) in [6.07, 6.45) is 0. The number of hydrogen-bond acceptors (Lipinski definition) is 1. The molecule has 80 valence electrons. The zero-order valence-electron chi connectivity index (χ0n) is 8.96. The number of rotatable bonds is 3. The first-order chi connectivity index (χ1) is 7.22. The number of aryl methyl sites for hydroxylation is 1. The third kappa shape index (κ3) is 2.02. The number of halogens is 1. The van der Waals surface area contributed by atoms with Crippen LogP contribution in [0.1, 0.15) is 12.6 Å². The SMILES string of the molecule is CCSCc1cc2cc(F)ccc2n1C. The van der Waals surface area contributed by atoms with Crippen molar-refractivity contribution in [3.05, 3.63) is 35.8 Å². The molecule has 1 nitrogen and oxygen atoms in total. The zero-order chi connectivity index (χ0) is 10.8. The van der Waals surface area contributed by atoms with E-state index < -0.39 is 0 Å². The summed E-state index contributed by atoms with van der Waals surface area (Å²) in [5, 5.41) is 0.990. The van der Waals surface area contributed by atoms with Gasteiger partial charge < -0.3 is 4.57 Å². The maximum atomic E-state index is 13.0. The first-order valence-electron chi connectivity index (χ1n) is 5.04. The van der Waals surface area contributed by atoms with Crippen LogP contribution in [-0.2, 0) is 12.8 Å². The molecule has 15 heavy (non-hydrogen) atoms. The minimum Gasteiger partial charge on any atom is -0.347 e. The number of benzene rings is 1. The fourth-order valence-corrected chi connectivity index (χ4v) is 2.41. The van der Waals surface area contributed by atoms with Crippen LogP contribution in [0.2, 0.25) is 0 Å². The molecular formula is C12H14FNS. The molecule has 0 aliphatic rings. The van der Waals surface area contributed by atoms with Gasteiger partial charge in [-0.15, -0.1) is 0 Å². The van der Waals surface area contributed by atoms with E-state index in [1.807, 2.05) is 24.9 Å². The van der Waals surface area contributed by atoms with E-state index in [0.29, 0.717) is 0 Å². The van der Waals surface area contributed by atoms with E-state index in [1.165, 1.54) is 11.8 Å². The van der Waals surface area contributed by atoms with Gasteiger partial charge in [0.05, 0.1) is 0 Å². The topological polar surface area (TPSA) is 4.93 Å². The van der Waals surface area contributed by atoms with Crippen LogP contribution in [0.15, 0.2) is 24.3 Å². The van der Waals surface area contributed by atoms with Crippen LogP contribution in [0.3, 0.4) is 0 Å². The highest BCUT2D eigenvalue weighted by Gasteiger charge is 2.05. The second-order valence-electron chi connectivity index (χ2n) is 3.53. The Kier molecular flexibility index (Phi) is 3.00. The fourth-order valence-electron chi connectivity index (χ4n) is 1.72. The Bertz CT molecular complexity index is 476. The normalized spacial score (nSPS) is 11.1. The Balaban J connectivity index is 2.44. The van der Waals surface area contributed by atoms with Gasteiger partial charge in [-0.1, -0.05) is 6.92 Å². The van der Waals surface area contributed by atoms with E-state index in [2.05, 4.69) is 17.6 Å². The lowest BCUT2D eigenvalue weighted by Crippen LogP contribution is -1.93. The van der Waals surface area contributed by atoms with Crippen molar-refractivity contribution in [2.75, 3.05) is 5.75 Å². The number of fused-ring (bicyclic) bond motifs is 1. The quantitative estimate of drug-likeness (QED) is 0.770. The number of thioether (sulfide) groups is 1. The lowest BCUT2D eigenvalue weighted by atomic mass is 10.2. The van der Waals surface area contributed by atoms with Crippen LogP contribution < -0.4 is 0 Å². The van der Waals surface area contributed by atoms with Gasteiger partial charge in [0.1, 0.15) is 5.82 Å². The van der Waals surface area contributed by atoms with Gasteiger partial charge in [0.25, 0.3) is 0 Å². The fraction of sp³-hybridized carbons (Fsp3) is 0.333. The average molecular weight is 223 g/mol. The van der Waals surface area contributed by atoms with Crippen molar-refractivity contribution in [3.8, 4) is 0 Å². The molecule has 0 saturated carbocycles. The van der Waals surface area contributed by atoms with Gasteiger partial charge in [0, 0.05) is 29.4 Å². The molecule has 0 saturated heterocycles. The highest BCUT2D eigenvalue weighted by atomic mass is 32.2. The third-order valence-electron chi connectivity index (χ3n) is 2.56. The summed E-state index contributed by atoms with van der Waals surface area (Å²) in [5.41, 5.74) is 2.35. The van der Waals surface area contributed by atoms with Crippen molar-refractivity contribution >= 4 is 22.7 Å². The minimum absolute atomic E-state index is 0.164. The molecule has 2 rings (SSSR count). The van der Waals surface area contributed by atoms with Gasteiger partial charge in [0.15, 0.2) is 0 Å². The summed E-state index contributed by atoms with van der Waals surface area (Å²) in [5.74, 6) is 1.93. The second-order valence-corrected chi connectivity index (χ2v) is 4.81. The number of nitrogens with zero attached hydrogens (tertiary/aromatic N) is 1. The Hall–Kier alpha value is -0.960. The molecule has 1 heterocycles. The molecule has 0 unspecified atom stereocenters. The lowest BCUT2D eigenvalue weighted by Gasteiger charge is -2.02. The molecule has 0 N–H and O–H groups in total. The van der Waals surface area contributed by atoms with Crippen molar-refractivity contribution in [2.45, 2.75) is 12.7 Å². The van der Waals surface area contributed by atoms with Gasteiger partial charge in [-0.05, 0) is 30.0 Å². The van der Waals surface area contributed by atoms with Gasteiger partial charge >= 0.3 is 0 Å². The molecule has 3 heteroatoms. The van der Waals surface area contributed by atoms with Gasteiger partial charge in [-0.2, -0.15) is 11.8 Å². The molecule has 0 spiro atoms. The summed E-state index contributed by atoms with van der Waals surface area (Å²) in [6, 6.07) is 7.01. The number of aromatic nitrogens is 1. The van der Waals surface area contributed by atoms with Gasteiger partial charge in [0.2, 0.25) is 0 Å². The van der Waals surface area contributed by atoms with E-state index >= 15 is 0 Å². The minimum atomic E-state index is -0.164. The Morgan fingerprint density at radius 2 is 2.13 bits per heavy atom. The molecule has 0 aliphatic carbocycles. The molecule has 0 bridgehead atoms. The molecule has 0 atom stereocenters. The molecular weight excluding hydrogens is 209 g/mol. The van der Waals surface area contributed by atoms with E-state index in [9.17, 15) is 4.39 Å². The summed E-state index contributed by atoms with van der Waals surface area (Å²) >= 11 is 1.88. The van der Waals surface area contributed by atoms with E-state index in [1.54, 1.807) is 6.07 Å². The standard InChI is InChI=1S/C12H14FNS/c1-3-15-8-11-7-9-6-10(13)4-5-12(9)14(11)2/h4-7H,3,8H2,1-2H3. The largest absolute Gasteiger partial charge is 0.347 e. The Morgan fingerprint density at radius 3 is 2.87 bits per heavy atom. The summed E-state index contributed by atoms with van der Waals surface area (Å²) < 4.78 is 15.2. The van der Waals surface area contributed by atoms with Crippen LogP contribution >= 0.6 is 11.8 Å². The predicted molar refractivity (Wildman–Crippen MR) is 64.7 cm³/mol. The Labute approximate surface area is 93.3 Å². The monoisotopic (exact) mass is 223 g/mol. The summed E-state index contributed by atoms with van der Waals surface area (Å²) in [7, 11) is 2.03. The maximum Gasteiger partial charge on any atom is 0.123 e. The molecule has 0 fully saturated rings. The van der Waals surface area contributed by atoms with Crippen LogP contribution in [0.25, 0.3) is 10.9 Å². The lowest BCUT2D eigenvalue weighted by molar-refractivity contribution is 0.629. The third-order valence-corrected chi connectivity index (χ3v) is 3.47. The second kappa shape index (κ2) is 4.27. The zero-order valence-corrected chi connectivity index (χ0v) is 9.77. The number of hydrogen-bond donors (Lipinski definition) is 0. The highest BCUT2D eigenvalue weighted by Crippen LogP contribution is 2.22. The van der Waals surface area contributed by atoms with Crippen LogP contribution in [-0.4, -0.2) is 10.3 Å².